The van der Waals surface area contributed by atoms with Crippen LogP contribution in [0.3, 0.4) is 0 Å². The summed E-state index contributed by atoms with van der Waals surface area (Å²) in [5.74, 6) is 1.16. The molecule has 0 saturated heterocycles. The lowest BCUT2D eigenvalue weighted by atomic mass is 10.2. The van der Waals surface area contributed by atoms with E-state index in [0.717, 1.165) is 16.2 Å². The second-order valence-electron chi connectivity index (χ2n) is 4.25. The van der Waals surface area contributed by atoms with Gasteiger partial charge in [0.25, 0.3) is 0 Å². The SMILES string of the molecule is CC1=C(CCO)SN=CN1Cc1cnc(C)nc1N. The maximum absolute atomic E-state index is 9.03. The van der Waals surface area contributed by atoms with E-state index in [1.165, 1.54) is 11.9 Å². The largest absolute Gasteiger partial charge is 0.396 e. The summed E-state index contributed by atoms with van der Waals surface area (Å²) in [6.07, 6.45) is 4.12. The lowest BCUT2D eigenvalue weighted by molar-refractivity contribution is 0.300. The van der Waals surface area contributed by atoms with Crippen LogP contribution in [0, 0.1) is 6.92 Å². The lowest BCUT2D eigenvalue weighted by Crippen LogP contribution is -2.23. The Bertz CT molecular complexity index is 529. The van der Waals surface area contributed by atoms with Gasteiger partial charge >= 0.3 is 0 Å². The summed E-state index contributed by atoms with van der Waals surface area (Å²) in [5.41, 5.74) is 7.84. The van der Waals surface area contributed by atoms with Gasteiger partial charge in [0.15, 0.2) is 0 Å². The number of anilines is 1. The third-order valence-corrected chi connectivity index (χ3v) is 3.80. The van der Waals surface area contributed by atoms with Crippen LogP contribution in [0.4, 0.5) is 5.82 Å². The fourth-order valence-corrected chi connectivity index (χ4v) is 2.48. The van der Waals surface area contributed by atoms with Crippen LogP contribution in [0.25, 0.3) is 0 Å². The maximum Gasteiger partial charge on any atom is 0.132 e. The Morgan fingerprint density at radius 2 is 2.21 bits per heavy atom. The van der Waals surface area contributed by atoms with E-state index in [-0.39, 0.29) is 6.61 Å². The molecular weight excluding hydrogens is 262 g/mol. The minimum atomic E-state index is 0.124. The van der Waals surface area contributed by atoms with Crippen molar-refractivity contribution in [2.24, 2.45) is 4.40 Å². The zero-order valence-corrected chi connectivity index (χ0v) is 11.8. The molecule has 1 aliphatic heterocycles. The van der Waals surface area contributed by atoms with Gasteiger partial charge in [-0.2, -0.15) is 0 Å². The van der Waals surface area contributed by atoms with Gasteiger partial charge in [-0.05, 0) is 13.8 Å². The third-order valence-electron chi connectivity index (χ3n) is 2.88. The quantitative estimate of drug-likeness (QED) is 0.812. The van der Waals surface area contributed by atoms with Crippen molar-refractivity contribution < 1.29 is 5.11 Å². The molecule has 0 aromatic carbocycles. The van der Waals surface area contributed by atoms with Crippen LogP contribution < -0.4 is 5.73 Å². The molecule has 0 spiro atoms. The fraction of sp³-hybridized carbons (Fsp3) is 0.417. The highest BCUT2D eigenvalue weighted by Crippen LogP contribution is 2.30. The molecule has 0 bridgehead atoms. The first-order chi connectivity index (χ1) is 9.11. The van der Waals surface area contributed by atoms with Gasteiger partial charge in [-0.3, -0.25) is 0 Å². The van der Waals surface area contributed by atoms with Crippen molar-refractivity contribution in [3.05, 3.63) is 28.2 Å². The van der Waals surface area contributed by atoms with Gasteiger partial charge in [0, 0.05) is 47.3 Å². The zero-order chi connectivity index (χ0) is 13.8. The van der Waals surface area contributed by atoms with Gasteiger partial charge in [-0.1, -0.05) is 0 Å². The lowest BCUT2D eigenvalue weighted by Gasteiger charge is -2.26. The number of aromatic nitrogens is 2. The van der Waals surface area contributed by atoms with Crippen LogP contribution in [0.1, 0.15) is 24.7 Å². The average Bonchev–Trinajstić information content (AvgIpc) is 2.37. The second-order valence-corrected chi connectivity index (χ2v) is 5.14. The summed E-state index contributed by atoms with van der Waals surface area (Å²) in [5, 5.41) is 9.03. The first kappa shape index (κ1) is 13.8. The van der Waals surface area contributed by atoms with E-state index in [4.69, 9.17) is 10.8 Å². The van der Waals surface area contributed by atoms with Crippen molar-refractivity contribution in [2.45, 2.75) is 26.8 Å². The predicted molar refractivity (Wildman–Crippen MR) is 77.2 cm³/mol. The van der Waals surface area contributed by atoms with Crippen LogP contribution >= 0.6 is 11.9 Å². The molecule has 7 heteroatoms. The number of rotatable bonds is 4. The van der Waals surface area contributed by atoms with E-state index in [1.54, 1.807) is 12.5 Å². The second kappa shape index (κ2) is 6.03. The van der Waals surface area contributed by atoms with Crippen LogP contribution in [0.15, 0.2) is 21.2 Å². The smallest absolute Gasteiger partial charge is 0.132 e. The summed E-state index contributed by atoms with van der Waals surface area (Å²) in [6, 6.07) is 0. The number of aliphatic hydroxyl groups is 1. The van der Waals surface area contributed by atoms with Gasteiger partial charge in [0.2, 0.25) is 0 Å². The number of allylic oxidation sites excluding steroid dienone is 1. The fourth-order valence-electron chi connectivity index (χ4n) is 1.76. The van der Waals surface area contributed by atoms with Crippen molar-refractivity contribution in [1.82, 2.24) is 14.9 Å². The molecule has 1 aliphatic rings. The molecular formula is C12H17N5OS. The standard InChI is InChI=1S/C12H17N5OS/c1-8-11(3-4-18)19-15-7-17(8)6-10-5-14-9(2)16-12(10)13/h5,7,18H,3-4,6H2,1-2H3,(H2,13,14,16). The summed E-state index contributed by atoms with van der Waals surface area (Å²) < 4.78 is 4.22. The number of hydrogen-bond donors (Lipinski definition) is 2. The number of nitrogens with two attached hydrogens (primary N) is 1. The molecule has 19 heavy (non-hydrogen) atoms. The number of nitrogens with zero attached hydrogens (tertiary/aromatic N) is 4. The first-order valence-corrected chi connectivity index (χ1v) is 6.75. The van der Waals surface area contributed by atoms with Crippen molar-refractivity contribution >= 4 is 24.1 Å². The van der Waals surface area contributed by atoms with Crippen molar-refractivity contribution in [2.75, 3.05) is 12.3 Å². The molecule has 1 aromatic rings. The molecule has 0 saturated carbocycles. The van der Waals surface area contributed by atoms with Gasteiger partial charge in [-0.15, -0.1) is 0 Å². The maximum atomic E-state index is 9.03. The van der Waals surface area contributed by atoms with E-state index in [9.17, 15) is 0 Å². The Balaban J connectivity index is 2.18. The summed E-state index contributed by atoms with van der Waals surface area (Å²) in [6.45, 7) is 4.52. The molecule has 6 nitrogen and oxygen atoms in total. The van der Waals surface area contributed by atoms with Crippen LogP contribution in [0.2, 0.25) is 0 Å². The molecule has 102 valence electrons. The highest BCUT2D eigenvalue weighted by Gasteiger charge is 2.16. The van der Waals surface area contributed by atoms with Crippen LogP contribution in [0.5, 0.6) is 0 Å². The molecule has 0 radical (unpaired) electrons. The summed E-state index contributed by atoms with van der Waals surface area (Å²) in [4.78, 5) is 11.4. The third kappa shape index (κ3) is 3.24. The van der Waals surface area contributed by atoms with Crippen molar-refractivity contribution in [1.29, 1.82) is 0 Å². The molecule has 2 rings (SSSR count). The Kier molecular flexibility index (Phi) is 4.39. The van der Waals surface area contributed by atoms with Crippen LogP contribution in [-0.4, -0.2) is 32.9 Å². The minimum absolute atomic E-state index is 0.124. The van der Waals surface area contributed by atoms with Crippen molar-refractivity contribution in [3.8, 4) is 0 Å². The first-order valence-electron chi connectivity index (χ1n) is 5.97. The molecule has 0 amide bonds. The topological polar surface area (TPSA) is 87.6 Å². The van der Waals surface area contributed by atoms with E-state index in [1.807, 2.05) is 18.7 Å². The van der Waals surface area contributed by atoms with Gasteiger partial charge in [0.05, 0.1) is 6.54 Å². The number of aliphatic hydroxyl groups excluding tert-OH is 1. The normalized spacial score (nSPS) is 15.2. The molecule has 0 atom stereocenters. The van der Waals surface area contributed by atoms with E-state index in [2.05, 4.69) is 14.4 Å². The van der Waals surface area contributed by atoms with E-state index in [0.29, 0.717) is 24.6 Å². The molecule has 3 N–H and O–H groups in total. The Morgan fingerprint density at radius 3 is 2.89 bits per heavy atom. The Labute approximate surface area is 116 Å². The molecule has 0 unspecified atom stereocenters. The Hall–Kier alpha value is -1.60. The monoisotopic (exact) mass is 279 g/mol. The predicted octanol–water partition coefficient (Wildman–Crippen LogP) is 1.47. The minimum Gasteiger partial charge on any atom is -0.396 e. The van der Waals surface area contributed by atoms with Gasteiger partial charge in [-0.25, -0.2) is 14.4 Å². The summed E-state index contributed by atoms with van der Waals surface area (Å²) in [7, 11) is 0. The highest BCUT2D eigenvalue weighted by atomic mass is 32.2. The number of nitrogen functional groups attached to an aromatic ring is 1. The molecule has 1 aromatic heterocycles. The van der Waals surface area contributed by atoms with Crippen molar-refractivity contribution in [3.63, 3.8) is 0 Å². The average molecular weight is 279 g/mol. The van der Waals surface area contributed by atoms with E-state index >= 15 is 0 Å². The zero-order valence-electron chi connectivity index (χ0n) is 11.0. The molecule has 0 aliphatic carbocycles. The summed E-state index contributed by atoms with van der Waals surface area (Å²) >= 11 is 1.40. The number of aryl methyl sites for hydroxylation is 1. The van der Waals surface area contributed by atoms with Gasteiger partial charge in [0.1, 0.15) is 18.0 Å². The number of hydrogen-bond acceptors (Lipinski definition) is 7. The van der Waals surface area contributed by atoms with Gasteiger partial charge < -0.3 is 15.7 Å². The van der Waals surface area contributed by atoms with Crippen LogP contribution in [-0.2, 0) is 6.54 Å². The highest BCUT2D eigenvalue weighted by molar-refractivity contribution is 8.02. The molecule has 2 heterocycles. The Morgan fingerprint density at radius 1 is 1.42 bits per heavy atom. The molecule has 0 fully saturated rings. The van der Waals surface area contributed by atoms with E-state index < -0.39 is 0 Å².